The third-order valence-corrected chi connectivity index (χ3v) is 6.06. The molecule has 1 aromatic rings. The van der Waals surface area contributed by atoms with Gasteiger partial charge in [0, 0.05) is 50.2 Å². The molecule has 6 heteroatoms. The van der Waals surface area contributed by atoms with Crippen LogP contribution in [-0.4, -0.2) is 49.4 Å². The lowest BCUT2D eigenvalue weighted by atomic mass is 9.81. The number of nitrogens with one attached hydrogen (secondary N) is 1. The van der Waals surface area contributed by atoms with E-state index in [2.05, 4.69) is 17.1 Å². The molecule has 2 amide bonds. The monoisotopic (exact) mass is 389 g/mol. The molecule has 0 unspecified atom stereocenters. The predicted molar refractivity (Wildman–Crippen MR) is 109 cm³/mol. The highest BCUT2D eigenvalue weighted by atomic mass is 19.1. The van der Waals surface area contributed by atoms with Gasteiger partial charge in [-0.3, -0.25) is 9.59 Å². The standard InChI is InChI=1S/C22H32FN3O2/c1-2-3-12-24-21(27)17-4-6-18(7-5-17)22(28)26-15-13-25(14-16-26)20-10-8-19(23)9-11-20/h8-11,17-18H,2-7,12-16H2,1H3,(H,24,27). The van der Waals surface area contributed by atoms with Gasteiger partial charge >= 0.3 is 0 Å². The third kappa shape index (κ3) is 5.24. The summed E-state index contributed by atoms with van der Waals surface area (Å²) in [5.41, 5.74) is 1.00. The molecule has 0 atom stereocenters. The fourth-order valence-electron chi connectivity index (χ4n) is 4.23. The molecule has 1 saturated carbocycles. The molecule has 2 fully saturated rings. The average molecular weight is 390 g/mol. The molecule has 0 spiro atoms. The summed E-state index contributed by atoms with van der Waals surface area (Å²) in [6.07, 6.45) is 5.33. The second-order valence-electron chi connectivity index (χ2n) is 7.98. The Morgan fingerprint density at radius 3 is 2.21 bits per heavy atom. The molecule has 0 bridgehead atoms. The van der Waals surface area contributed by atoms with Crippen molar-refractivity contribution in [1.82, 2.24) is 10.2 Å². The molecule has 0 radical (unpaired) electrons. The molecule has 5 nitrogen and oxygen atoms in total. The Kier molecular flexibility index (Phi) is 7.29. The maximum absolute atomic E-state index is 13.1. The molecule has 154 valence electrons. The number of rotatable bonds is 6. The molecule has 2 aliphatic rings. The normalized spacial score (nSPS) is 22.8. The van der Waals surface area contributed by atoms with E-state index >= 15 is 0 Å². The third-order valence-electron chi connectivity index (χ3n) is 6.06. The Balaban J connectivity index is 1.42. The van der Waals surface area contributed by atoms with Gasteiger partial charge in [-0.15, -0.1) is 0 Å². The van der Waals surface area contributed by atoms with Gasteiger partial charge < -0.3 is 15.1 Å². The zero-order chi connectivity index (χ0) is 19.9. The van der Waals surface area contributed by atoms with Crippen LogP contribution >= 0.6 is 0 Å². The second-order valence-corrected chi connectivity index (χ2v) is 7.98. The molecule has 1 aliphatic carbocycles. The first-order valence-corrected chi connectivity index (χ1v) is 10.7. The van der Waals surface area contributed by atoms with Crippen LogP contribution in [0.3, 0.4) is 0 Å². The lowest BCUT2D eigenvalue weighted by molar-refractivity contribution is -0.138. The zero-order valence-electron chi connectivity index (χ0n) is 16.8. The maximum Gasteiger partial charge on any atom is 0.225 e. The molecule has 1 N–H and O–H groups in total. The summed E-state index contributed by atoms with van der Waals surface area (Å²) >= 11 is 0. The van der Waals surface area contributed by atoms with Crippen LogP contribution in [0, 0.1) is 17.7 Å². The first kappa shape index (κ1) is 20.6. The van der Waals surface area contributed by atoms with Crippen molar-refractivity contribution in [2.45, 2.75) is 45.4 Å². The van der Waals surface area contributed by atoms with Crippen molar-refractivity contribution in [2.24, 2.45) is 11.8 Å². The molecule has 0 aromatic heterocycles. The van der Waals surface area contributed by atoms with Gasteiger partial charge in [-0.05, 0) is 56.4 Å². The van der Waals surface area contributed by atoms with Gasteiger partial charge in [-0.2, -0.15) is 0 Å². The highest BCUT2D eigenvalue weighted by Gasteiger charge is 2.33. The molecular formula is C22H32FN3O2. The van der Waals surface area contributed by atoms with Crippen molar-refractivity contribution < 1.29 is 14.0 Å². The Hall–Kier alpha value is -2.11. The lowest BCUT2D eigenvalue weighted by Gasteiger charge is -2.38. The number of halogens is 1. The smallest absolute Gasteiger partial charge is 0.225 e. The van der Waals surface area contributed by atoms with Crippen LogP contribution in [0.1, 0.15) is 45.4 Å². The minimum atomic E-state index is -0.229. The number of carbonyl (C=O) groups excluding carboxylic acids is 2. The number of carbonyl (C=O) groups is 2. The minimum Gasteiger partial charge on any atom is -0.368 e. The van der Waals surface area contributed by atoms with Gasteiger partial charge in [-0.25, -0.2) is 4.39 Å². The molecule has 3 rings (SSSR count). The van der Waals surface area contributed by atoms with E-state index in [9.17, 15) is 14.0 Å². The Morgan fingerprint density at radius 2 is 1.61 bits per heavy atom. The highest BCUT2D eigenvalue weighted by molar-refractivity contribution is 5.81. The van der Waals surface area contributed by atoms with Crippen LogP contribution in [-0.2, 0) is 9.59 Å². The van der Waals surface area contributed by atoms with Crippen molar-refractivity contribution in [3.63, 3.8) is 0 Å². The van der Waals surface area contributed by atoms with E-state index in [0.717, 1.165) is 63.8 Å². The van der Waals surface area contributed by atoms with Crippen molar-refractivity contribution in [3.8, 4) is 0 Å². The number of hydrogen-bond acceptors (Lipinski definition) is 3. The van der Waals surface area contributed by atoms with E-state index in [0.29, 0.717) is 13.1 Å². The van der Waals surface area contributed by atoms with Crippen LogP contribution < -0.4 is 10.2 Å². The van der Waals surface area contributed by atoms with E-state index in [1.165, 1.54) is 12.1 Å². The largest absolute Gasteiger partial charge is 0.368 e. The predicted octanol–water partition coefficient (Wildman–Crippen LogP) is 3.20. The van der Waals surface area contributed by atoms with Crippen molar-refractivity contribution in [2.75, 3.05) is 37.6 Å². The molecule has 1 saturated heterocycles. The number of anilines is 1. The first-order valence-electron chi connectivity index (χ1n) is 10.7. The first-order chi connectivity index (χ1) is 13.6. The topological polar surface area (TPSA) is 52.7 Å². The number of hydrogen-bond donors (Lipinski definition) is 1. The number of piperazine rings is 1. The molecule has 1 heterocycles. The van der Waals surface area contributed by atoms with E-state index in [4.69, 9.17) is 0 Å². The van der Waals surface area contributed by atoms with Crippen LogP contribution in [0.2, 0.25) is 0 Å². The van der Waals surface area contributed by atoms with E-state index in [1.54, 1.807) is 12.1 Å². The SMILES string of the molecule is CCCCNC(=O)C1CCC(C(=O)N2CCN(c3ccc(F)cc3)CC2)CC1. The second kappa shape index (κ2) is 9.89. The Labute approximate surface area is 167 Å². The average Bonchev–Trinajstić information content (AvgIpc) is 2.74. The van der Waals surface area contributed by atoms with Crippen molar-refractivity contribution in [3.05, 3.63) is 30.1 Å². The zero-order valence-corrected chi connectivity index (χ0v) is 16.8. The summed E-state index contributed by atoms with van der Waals surface area (Å²) in [7, 11) is 0. The molecule has 1 aromatic carbocycles. The molecule has 1 aliphatic heterocycles. The lowest BCUT2D eigenvalue weighted by Crippen LogP contribution is -2.51. The van der Waals surface area contributed by atoms with Crippen LogP contribution in [0.4, 0.5) is 10.1 Å². The fraction of sp³-hybridized carbons (Fsp3) is 0.636. The number of unbranched alkanes of at least 4 members (excludes halogenated alkanes) is 1. The summed E-state index contributed by atoms with van der Waals surface area (Å²) in [6, 6.07) is 6.53. The van der Waals surface area contributed by atoms with Gasteiger partial charge in [0.2, 0.25) is 11.8 Å². The van der Waals surface area contributed by atoms with Gasteiger partial charge in [0.1, 0.15) is 5.82 Å². The summed E-state index contributed by atoms with van der Waals surface area (Å²) in [6.45, 7) is 5.81. The number of benzene rings is 1. The van der Waals surface area contributed by atoms with Gasteiger partial charge in [-0.1, -0.05) is 13.3 Å². The van der Waals surface area contributed by atoms with Crippen LogP contribution in [0.5, 0.6) is 0 Å². The summed E-state index contributed by atoms with van der Waals surface area (Å²) in [5.74, 6) is 0.288. The van der Waals surface area contributed by atoms with Crippen LogP contribution in [0.15, 0.2) is 24.3 Å². The van der Waals surface area contributed by atoms with Gasteiger partial charge in [0.15, 0.2) is 0 Å². The molecule has 28 heavy (non-hydrogen) atoms. The number of nitrogens with zero attached hydrogens (tertiary/aromatic N) is 2. The van der Waals surface area contributed by atoms with E-state index in [1.807, 2.05) is 4.90 Å². The van der Waals surface area contributed by atoms with Gasteiger partial charge in [0.05, 0.1) is 0 Å². The Morgan fingerprint density at radius 1 is 1.00 bits per heavy atom. The summed E-state index contributed by atoms with van der Waals surface area (Å²) in [4.78, 5) is 29.3. The summed E-state index contributed by atoms with van der Waals surface area (Å²) in [5, 5.41) is 3.02. The quantitative estimate of drug-likeness (QED) is 0.760. The minimum absolute atomic E-state index is 0.0528. The fourth-order valence-corrected chi connectivity index (χ4v) is 4.23. The van der Waals surface area contributed by atoms with E-state index in [-0.39, 0.29) is 29.5 Å². The highest BCUT2D eigenvalue weighted by Crippen LogP contribution is 2.30. The van der Waals surface area contributed by atoms with Gasteiger partial charge in [0.25, 0.3) is 0 Å². The summed E-state index contributed by atoms with van der Waals surface area (Å²) < 4.78 is 13.1. The van der Waals surface area contributed by atoms with Crippen molar-refractivity contribution >= 4 is 17.5 Å². The Bertz CT molecular complexity index is 648. The van der Waals surface area contributed by atoms with E-state index < -0.39 is 0 Å². The molecular weight excluding hydrogens is 357 g/mol. The van der Waals surface area contributed by atoms with Crippen LogP contribution in [0.25, 0.3) is 0 Å². The number of amides is 2. The maximum atomic E-state index is 13.1. The van der Waals surface area contributed by atoms with Crippen molar-refractivity contribution in [1.29, 1.82) is 0 Å².